The molecule has 2 unspecified atom stereocenters. The number of amides is 1. The third-order valence-corrected chi connectivity index (χ3v) is 3.33. The Hall–Kier alpha value is -1.49. The van der Waals surface area contributed by atoms with Crippen LogP contribution in [0.4, 0.5) is 4.39 Å². The number of rotatable bonds is 3. The Morgan fingerprint density at radius 2 is 2.33 bits per heavy atom. The topological polar surface area (TPSA) is 68.0 Å². The van der Waals surface area contributed by atoms with Gasteiger partial charge in [0.15, 0.2) is 0 Å². The second kappa shape index (κ2) is 5.91. The van der Waals surface area contributed by atoms with Gasteiger partial charge < -0.3 is 11.1 Å². The van der Waals surface area contributed by atoms with Gasteiger partial charge >= 0.3 is 0 Å². The summed E-state index contributed by atoms with van der Waals surface area (Å²) in [4.78, 5) is 15.5. The molecule has 1 aliphatic rings. The fourth-order valence-corrected chi connectivity index (χ4v) is 2.36. The van der Waals surface area contributed by atoms with Crippen molar-refractivity contribution in [2.45, 2.75) is 31.7 Å². The van der Waals surface area contributed by atoms with Gasteiger partial charge in [-0.15, -0.1) is 0 Å². The average molecular weight is 251 g/mol. The summed E-state index contributed by atoms with van der Waals surface area (Å²) < 4.78 is 12.7. The standard InChI is InChI=1S/C13H18FN3O/c14-10-4-5-12(16-8-10)13(18)17-7-9-2-1-3-11(15)6-9/h4-5,8-9,11H,1-3,6-7,15H2,(H,17,18). The van der Waals surface area contributed by atoms with Crippen LogP contribution in [0.1, 0.15) is 36.2 Å². The van der Waals surface area contributed by atoms with Crippen molar-refractivity contribution in [3.8, 4) is 0 Å². The molecular weight excluding hydrogens is 233 g/mol. The number of hydrogen-bond donors (Lipinski definition) is 2. The number of nitrogens with zero attached hydrogens (tertiary/aromatic N) is 1. The highest BCUT2D eigenvalue weighted by Gasteiger charge is 2.20. The fraction of sp³-hybridized carbons (Fsp3) is 0.538. The van der Waals surface area contributed by atoms with Crippen LogP contribution in [0.25, 0.3) is 0 Å². The van der Waals surface area contributed by atoms with E-state index < -0.39 is 5.82 Å². The highest BCUT2D eigenvalue weighted by atomic mass is 19.1. The minimum atomic E-state index is -0.440. The fourth-order valence-electron chi connectivity index (χ4n) is 2.36. The molecule has 2 rings (SSSR count). The molecule has 2 atom stereocenters. The zero-order chi connectivity index (χ0) is 13.0. The molecule has 5 heteroatoms. The first-order valence-electron chi connectivity index (χ1n) is 6.30. The van der Waals surface area contributed by atoms with E-state index in [1.165, 1.54) is 12.1 Å². The average Bonchev–Trinajstić information content (AvgIpc) is 2.37. The molecule has 1 saturated carbocycles. The van der Waals surface area contributed by atoms with E-state index in [2.05, 4.69) is 10.3 Å². The number of hydrogen-bond acceptors (Lipinski definition) is 3. The van der Waals surface area contributed by atoms with Crippen molar-refractivity contribution >= 4 is 5.91 Å². The molecule has 0 aromatic carbocycles. The number of nitrogens with two attached hydrogens (primary N) is 1. The van der Waals surface area contributed by atoms with Gasteiger partial charge in [-0.1, -0.05) is 6.42 Å². The molecule has 0 spiro atoms. The van der Waals surface area contributed by atoms with E-state index in [4.69, 9.17) is 5.73 Å². The first-order chi connectivity index (χ1) is 8.65. The molecule has 1 aromatic heterocycles. The van der Waals surface area contributed by atoms with Gasteiger partial charge in [-0.3, -0.25) is 4.79 Å². The van der Waals surface area contributed by atoms with Gasteiger partial charge in [0.1, 0.15) is 11.5 Å². The number of carbonyl (C=O) groups excluding carboxylic acids is 1. The highest BCUT2D eigenvalue weighted by Crippen LogP contribution is 2.22. The SMILES string of the molecule is NC1CCCC(CNC(=O)c2ccc(F)cn2)C1. The Kier molecular flexibility index (Phi) is 4.25. The zero-order valence-electron chi connectivity index (χ0n) is 10.2. The van der Waals surface area contributed by atoms with Crippen LogP contribution in [0.5, 0.6) is 0 Å². The Bertz CT molecular complexity index is 407. The molecule has 98 valence electrons. The summed E-state index contributed by atoms with van der Waals surface area (Å²) in [6, 6.07) is 2.88. The minimum Gasteiger partial charge on any atom is -0.350 e. The Morgan fingerprint density at radius 1 is 1.50 bits per heavy atom. The smallest absolute Gasteiger partial charge is 0.269 e. The first kappa shape index (κ1) is 13.0. The van der Waals surface area contributed by atoms with Gasteiger partial charge in [0, 0.05) is 12.6 Å². The molecule has 0 radical (unpaired) electrons. The maximum Gasteiger partial charge on any atom is 0.269 e. The van der Waals surface area contributed by atoms with Crippen molar-refractivity contribution < 1.29 is 9.18 Å². The molecule has 1 aliphatic carbocycles. The lowest BCUT2D eigenvalue weighted by Crippen LogP contribution is -2.35. The van der Waals surface area contributed by atoms with Crippen LogP contribution in [-0.2, 0) is 0 Å². The first-order valence-corrected chi connectivity index (χ1v) is 6.30. The van der Waals surface area contributed by atoms with E-state index >= 15 is 0 Å². The summed E-state index contributed by atoms with van der Waals surface area (Å²) in [6.45, 7) is 0.617. The highest BCUT2D eigenvalue weighted by molar-refractivity contribution is 5.92. The number of carbonyl (C=O) groups is 1. The third kappa shape index (κ3) is 3.50. The monoisotopic (exact) mass is 251 g/mol. The van der Waals surface area contributed by atoms with E-state index in [1.807, 2.05) is 0 Å². The van der Waals surface area contributed by atoms with Crippen molar-refractivity contribution in [1.82, 2.24) is 10.3 Å². The second-order valence-corrected chi connectivity index (χ2v) is 4.86. The van der Waals surface area contributed by atoms with E-state index in [0.29, 0.717) is 12.5 Å². The molecule has 1 fully saturated rings. The van der Waals surface area contributed by atoms with Crippen molar-refractivity contribution in [1.29, 1.82) is 0 Å². The molecule has 4 nitrogen and oxygen atoms in total. The lowest BCUT2D eigenvalue weighted by molar-refractivity contribution is 0.0937. The number of aromatic nitrogens is 1. The summed E-state index contributed by atoms with van der Waals surface area (Å²) in [6.07, 6.45) is 5.30. The molecule has 18 heavy (non-hydrogen) atoms. The molecular formula is C13H18FN3O. The van der Waals surface area contributed by atoms with Gasteiger partial charge in [0.05, 0.1) is 6.20 Å². The van der Waals surface area contributed by atoms with E-state index in [-0.39, 0.29) is 17.6 Å². The molecule has 1 heterocycles. The predicted octanol–water partition coefficient (Wildman–Crippen LogP) is 1.47. The lowest BCUT2D eigenvalue weighted by Gasteiger charge is -2.26. The van der Waals surface area contributed by atoms with E-state index in [9.17, 15) is 9.18 Å². The quantitative estimate of drug-likeness (QED) is 0.854. The van der Waals surface area contributed by atoms with Crippen LogP contribution >= 0.6 is 0 Å². The molecule has 1 aromatic rings. The van der Waals surface area contributed by atoms with Gasteiger partial charge in [0.2, 0.25) is 0 Å². The second-order valence-electron chi connectivity index (χ2n) is 4.86. The van der Waals surface area contributed by atoms with Crippen LogP contribution in [0.3, 0.4) is 0 Å². The minimum absolute atomic E-state index is 0.247. The maximum atomic E-state index is 12.7. The normalized spacial score (nSPS) is 23.7. The summed E-state index contributed by atoms with van der Waals surface area (Å²) >= 11 is 0. The summed E-state index contributed by atoms with van der Waals surface area (Å²) in [7, 11) is 0. The van der Waals surface area contributed by atoms with Crippen molar-refractivity contribution in [3.63, 3.8) is 0 Å². The van der Waals surface area contributed by atoms with Crippen molar-refractivity contribution in [2.24, 2.45) is 11.7 Å². The number of pyridine rings is 1. The summed E-state index contributed by atoms with van der Waals surface area (Å²) in [5, 5.41) is 2.83. The van der Waals surface area contributed by atoms with Gasteiger partial charge in [0.25, 0.3) is 5.91 Å². The van der Waals surface area contributed by atoms with E-state index in [1.54, 1.807) is 0 Å². The van der Waals surface area contributed by atoms with Crippen LogP contribution < -0.4 is 11.1 Å². The molecule has 0 saturated heterocycles. The Labute approximate surface area is 106 Å². The summed E-state index contributed by atoms with van der Waals surface area (Å²) in [5.74, 6) is -0.253. The Balaban J connectivity index is 1.82. The van der Waals surface area contributed by atoms with Gasteiger partial charge in [-0.2, -0.15) is 0 Å². The lowest BCUT2D eigenvalue weighted by atomic mass is 9.86. The van der Waals surface area contributed by atoms with Crippen molar-refractivity contribution in [3.05, 3.63) is 29.8 Å². The molecule has 0 aliphatic heterocycles. The molecule has 3 N–H and O–H groups in total. The largest absolute Gasteiger partial charge is 0.350 e. The van der Waals surface area contributed by atoms with Gasteiger partial charge in [-0.05, 0) is 37.3 Å². The number of halogens is 1. The van der Waals surface area contributed by atoms with Crippen LogP contribution in [0.15, 0.2) is 18.3 Å². The van der Waals surface area contributed by atoms with Crippen molar-refractivity contribution in [2.75, 3.05) is 6.54 Å². The summed E-state index contributed by atoms with van der Waals surface area (Å²) in [5.41, 5.74) is 6.14. The van der Waals surface area contributed by atoms with Crippen LogP contribution in [0, 0.1) is 11.7 Å². The van der Waals surface area contributed by atoms with Gasteiger partial charge in [-0.25, -0.2) is 9.37 Å². The van der Waals surface area contributed by atoms with E-state index in [0.717, 1.165) is 31.9 Å². The number of nitrogens with one attached hydrogen (secondary N) is 1. The molecule has 0 bridgehead atoms. The van der Waals surface area contributed by atoms with Crippen LogP contribution in [0.2, 0.25) is 0 Å². The maximum absolute atomic E-state index is 12.7. The van der Waals surface area contributed by atoms with Crippen LogP contribution in [-0.4, -0.2) is 23.5 Å². The molecule has 1 amide bonds. The zero-order valence-corrected chi connectivity index (χ0v) is 10.2. The third-order valence-electron chi connectivity index (χ3n) is 3.33. The predicted molar refractivity (Wildman–Crippen MR) is 66.5 cm³/mol. The Morgan fingerprint density at radius 3 is 3.00 bits per heavy atom.